The number of rotatable bonds is 3. The second-order valence-electron chi connectivity index (χ2n) is 4.23. The lowest BCUT2D eigenvalue weighted by molar-refractivity contribution is 0.0696. The van der Waals surface area contributed by atoms with Crippen LogP contribution in [0.5, 0.6) is 0 Å². The van der Waals surface area contributed by atoms with E-state index in [1.165, 1.54) is 12.3 Å². The van der Waals surface area contributed by atoms with Crippen molar-refractivity contribution in [2.45, 2.75) is 6.92 Å². The molecular formula is C14H13ClN2O2. The number of benzene rings is 1. The number of aryl methyl sites for hydroxylation is 1. The molecular weight excluding hydrogens is 264 g/mol. The summed E-state index contributed by atoms with van der Waals surface area (Å²) in [7, 11) is 1.84. The van der Waals surface area contributed by atoms with Crippen LogP contribution in [0.2, 0.25) is 5.02 Å². The highest BCUT2D eigenvalue weighted by Gasteiger charge is 2.13. The number of halogens is 1. The Bertz CT molecular complexity index is 629. The lowest BCUT2D eigenvalue weighted by atomic mass is 10.2. The van der Waals surface area contributed by atoms with Gasteiger partial charge in [-0.2, -0.15) is 0 Å². The van der Waals surface area contributed by atoms with E-state index < -0.39 is 5.97 Å². The second-order valence-corrected chi connectivity index (χ2v) is 4.64. The summed E-state index contributed by atoms with van der Waals surface area (Å²) in [6.45, 7) is 2.00. The molecule has 0 fully saturated rings. The molecule has 0 unspecified atom stereocenters. The number of hydrogen-bond acceptors (Lipinski definition) is 3. The number of hydrogen-bond donors (Lipinski definition) is 1. The largest absolute Gasteiger partial charge is 0.478 e. The molecule has 2 aromatic rings. The second kappa shape index (κ2) is 5.28. The van der Waals surface area contributed by atoms with Crippen LogP contribution in [0.3, 0.4) is 0 Å². The summed E-state index contributed by atoms with van der Waals surface area (Å²) >= 11 is 6.09. The number of pyridine rings is 1. The maximum absolute atomic E-state index is 10.8. The van der Waals surface area contributed by atoms with Crippen molar-refractivity contribution in [3.8, 4) is 0 Å². The molecule has 4 nitrogen and oxygen atoms in total. The Hall–Kier alpha value is -2.07. The molecule has 0 bridgehead atoms. The average Bonchev–Trinajstić information content (AvgIpc) is 2.37. The van der Waals surface area contributed by atoms with Gasteiger partial charge in [0.1, 0.15) is 0 Å². The maximum atomic E-state index is 10.8. The van der Waals surface area contributed by atoms with Gasteiger partial charge < -0.3 is 10.0 Å². The maximum Gasteiger partial charge on any atom is 0.337 e. The molecule has 5 heteroatoms. The molecule has 1 N–H and O–H groups in total. The molecule has 0 saturated carbocycles. The third-order valence-electron chi connectivity index (χ3n) is 2.78. The molecule has 98 valence electrons. The number of carbonyl (C=O) groups is 1. The SMILES string of the molecule is Cc1cccc(N(C)c2ncc(C(=O)O)cc2Cl)c1. The standard InChI is InChI=1S/C14H13ClN2O2/c1-9-4-3-5-11(6-9)17(2)13-12(15)7-10(8-16-13)14(18)19/h3-8H,1-2H3,(H,18,19). The highest BCUT2D eigenvalue weighted by Crippen LogP contribution is 2.29. The fourth-order valence-electron chi connectivity index (χ4n) is 1.75. The topological polar surface area (TPSA) is 53.4 Å². The molecule has 0 radical (unpaired) electrons. The molecule has 1 aromatic carbocycles. The van der Waals surface area contributed by atoms with Crippen molar-refractivity contribution in [3.63, 3.8) is 0 Å². The zero-order chi connectivity index (χ0) is 14.0. The van der Waals surface area contributed by atoms with E-state index in [0.29, 0.717) is 10.8 Å². The summed E-state index contributed by atoms with van der Waals surface area (Å²) < 4.78 is 0. The lowest BCUT2D eigenvalue weighted by Crippen LogP contribution is -2.12. The quantitative estimate of drug-likeness (QED) is 0.932. The summed E-state index contributed by atoms with van der Waals surface area (Å²) in [5.74, 6) is -0.517. The van der Waals surface area contributed by atoms with Gasteiger partial charge in [-0.3, -0.25) is 0 Å². The van der Waals surface area contributed by atoms with Crippen LogP contribution in [-0.4, -0.2) is 23.1 Å². The van der Waals surface area contributed by atoms with Crippen LogP contribution >= 0.6 is 11.6 Å². The van der Waals surface area contributed by atoms with Gasteiger partial charge in [-0.25, -0.2) is 9.78 Å². The third-order valence-corrected chi connectivity index (χ3v) is 3.05. The Kier molecular flexibility index (Phi) is 3.71. The van der Waals surface area contributed by atoms with Crippen molar-refractivity contribution in [1.29, 1.82) is 0 Å². The smallest absolute Gasteiger partial charge is 0.337 e. The minimum absolute atomic E-state index is 0.0754. The monoisotopic (exact) mass is 276 g/mol. The molecule has 0 spiro atoms. The molecule has 0 atom stereocenters. The van der Waals surface area contributed by atoms with E-state index in [-0.39, 0.29) is 5.56 Å². The first-order valence-electron chi connectivity index (χ1n) is 5.68. The highest BCUT2D eigenvalue weighted by molar-refractivity contribution is 6.33. The molecule has 0 aliphatic rings. The van der Waals surface area contributed by atoms with Gasteiger partial charge in [-0.05, 0) is 30.7 Å². The van der Waals surface area contributed by atoms with Gasteiger partial charge in [-0.15, -0.1) is 0 Å². The van der Waals surface area contributed by atoms with Gasteiger partial charge in [-0.1, -0.05) is 23.7 Å². The van der Waals surface area contributed by atoms with Crippen LogP contribution in [0.1, 0.15) is 15.9 Å². The van der Waals surface area contributed by atoms with Crippen LogP contribution < -0.4 is 4.90 Å². The number of carboxylic acid groups (broad SMARTS) is 1. The normalized spacial score (nSPS) is 10.3. The van der Waals surface area contributed by atoms with Gasteiger partial charge in [0, 0.05) is 18.9 Å². The first kappa shape index (κ1) is 13.4. The van der Waals surface area contributed by atoms with Crippen molar-refractivity contribution < 1.29 is 9.90 Å². The number of nitrogens with zero attached hydrogens (tertiary/aromatic N) is 2. The van der Waals surface area contributed by atoms with Crippen LogP contribution in [0.15, 0.2) is 36.5 Å². The summed E-state index contributed by atoms with van der Waals surface area (Å²) in [4.78, 5) is 16.8. The molecule has 0 aliphatic heterocycles. The molecule has 1 heterocycles. The number of aromatic nitrogens is 1. The van der Waals surface area contributed by atoms with Crippen molar-refractivity contribution in [3.05, 3.63) is 52.7 Å². The minimum atomic E-state index is -1.04. The Morgan fingerprint density at radius 3 is 2.68 bits per heavy atom. The van der Waals surface area contributed by atoms with E-state index in [1.54, 1.807) is 0 Å². The number of anilines is 2. The van der Waals surface area contributed by atoms with Crippen molar-refractivity contribution >= 4 is 29.1 Å². The molecule has 19 heavy (non-hydrogen) atoms. The zero-order valence-electron chi connectivity index (χ0n) is 10.6. The fourth-order valence-corrected chi connectivity index (χ4v) is 2.05. The Labute approximate surface area is 116 Å². The molecule has 2 rings (SSSR count). The van der Waals surface area contributed by atoms with Gasteiger partial charge in [0.25, 0.3) is 0 Å². The van der Waals surface area contributed by atoms with Crippen LogP contribution in [0.25, 0.3) is 0 Å². The van der Waals surface area contributed by atoms with Crippen molar-refractivity contribution in [2.75, 3.05) is 11.9 Å². The molecule has 0 amide bonds. The van der Waals surface area contributed by atoms with Crippen LogP contribution in [-0.2, 0) is 0 Å². The zero-order valence-corrected chi connectivity index (χ0v) is 11.3. The number of carboxylic acids is 1. The Balaban J connectivity index is 2.39. The average molecular weight is 277 g/mol. The van der Waals surface area contributed by atoms with Gasteiger partial charge >= 0.3 is 5.97 Å². The van der Waals surface area contributed by atoms with E-state index in [9.17, 15) is 4.79 Å². The van der Waals surface area contributed by atoms with E-state index in [4.69, 9.17) is 16.7 Å². The van der Waals surface area contributed by atoms with Crippen LogP contribution in [0, 0.1) is 6.92 Å². The third kappa shape index (κ3) is 2.85. The minimum Gasteiger partial charge on any atom is -0.478 e. The molecule has 0 aliphatic carbocycles. The van der Waals surface area contributed by atoms with E-state index >= 15 is 0 Å². The fraction of sp³-hybridized carbons (Fsp3) is 0.143. The first-order chi connectivity index (χ1) is 8.99. The summed E-state index contributed by atoms with van der Waals surface area (Å²) in [5, 5.41) is 9.19. The lowest BCUT2D eigenvalue weighted by Gasteiger charge is -2.20. The van der Waals surface area contributed by atoms with Gasteiger partial charge in [0.05, 0.1) is 10.6 Å². The Morgan fingerprint density at radius 2 is 2.11 bits per heavy atom. The predicted molar refractivity (Wildman–Crippen MR) is 75.4 cm³/mol. The highest BCUT2D eigenvalue weighted by atomic mass is 35.5. The summed E-state index contributed by atoms with van der Waals surface area (Å²) in [6, 6.07) is 9.29. The molecule has 1 aromatic heterocycles. The van der Waals surface area contributed by atoms with E-state index in [1.807, 2.05) is 43.1 Å². The van der Waals surface area contributed by atoms with Gasteiger partial charge in [0.15, 0.2) is 5.82 Å². The van der Waals surface area contributed by atoms with Gasteiger partial charge in [0.2, 0.25) is 0 Å². The van der Waals surface area contributed by atoms with E-state index in [2.05, 4.69) is 4.98 Å². The predicted octanol–water partition coefficient (Wildman–Crippen LogP) is 3.51. The molecule has 0 saturated heterocycles. The van der Waals surface area contributed by atoms with Crippen LogP contribution in [0.4, 0.5) is 11.5 Å². The summed E-state index contributed by atoms with van der Waals surface area (Å²) in [5.41, 5.74) is 2.14. The summed E-state index contributed by atoms with van der Waals surface area (Å²) in [6.07, 6.45) is 1.30. The van der Waals surface area contributed by atoms with Crippen molar-refractivity contribution in [2.24, 2.45) is 0 Å². The first-order valence-corrected chi connectivity index (χ1v) is 6.06. The Morgan fingerprint density at radius 1 is 1.37 bits per heavy atom. The van der Waals surface area contributed by atoms with E-state index in [0.717, 1.165) is 11.3 Å². The number of aromatic carboxylic acids is 1. The van der Waals surface area contributed by atoms with Crippen molar-refractivity contribution in [1.82, 2.24) is 4.98 Å².